The fourth-order valence-electron chi connectivity index (χ4n) is 3.12. The Morgan fingerprint density at radius 1 is 1.17 bits per heavy atom. The zero-order chi connectivity index (χ0) is 20.2. The van der Waals surface area contributed by atoms with Crippen molar-refractivity contribution >= 4 is 40.5 Å². The summed E-state index contributed by atoms with van der Waals surface area (Å²) in [4.78, 5) is 16.7. The second-order valence-corrected chi connectivity index (χ2v) is 7.10. The number of allylic oxidation sites excluding steroid dienone is 2. The predicted molar refractivity (Wildman–Crippen MR) is 118 cm³/mol. The van der Waals surface area contributed by atoms with Gasteiger partial charge < -0.3 is 10.5 Å². The maximum Gasteiger partial charge on any atom is 0.331 e. The van der Waals surface area contributed by atoms with E-state index in [1.807, 2.05) is 81.4 Å². The van der Waals surface area contributed by atoms with Crippen LogP contribution >= 0.6 is 11.9 Å². The number of esters is 1. The number of fused-ring (bicyclic) bond motifs is 1. The van der Waals surface area contributed by atoms with E-state index < -0.39 is 0 Å². The normalized spacial score (nSPS) is 13.8. The summed E-state index contributed by atoms with van der Waals surface area (Å²) in [6, 6.07) is 15.6. The number of nitrogens with zero attached hydrogens (tertiary/aromatic N) is 3. The van der Waals surface area contributed by atoms with Crippen molar-refractivity contribution in [3.63, 3.8) is 0 Å². The number of nitrogens with two attached hydrogens (primary N) is 1. The molecule has 0 unspecified atom stereocenters. The highest BCUT2D eigenvalue weighted by atomic mass is 32.2. The highest BCUT2D eigenvalue weighted by molar-refractivity contribution is 8.03. The number of rotatable bonds is 5. The standard InChI is InChI=1S/C22H20N4O2S/c1-2-28-21(27)15-18(16-8-4-3-5-9-16)17-10-11-19-20(14-17)26(22(23)24-19)25-12-6-7-13-29-25/h3-15H,2H2,1H3,(H2,23,24)/b18-15-. The number of hydrogen-bond acceptors (Lipinski definition) is 6. The van der Waals surface area contributed by atoms with Crippen LogP contribution in [-0.4, -0.2) is 22.2 Å². The van der Waals surface area contributed by atoms with Crippen molar-refractivity contribution in [3.8, 4) is 0 Å². The molecule has 2 N–H and O–H groups in total. The van der Waals surface area contributed by atoms with Gasteiger partial charge in [0.25, 0.3) is 0 Å². The second-order valence-electron chi connectivity index (χ2n) is 6.24. The topological polar surface area (TPSA) is 73.4 Å². The van der Waals surface area contributed by atoms with E-state index in [0.29, 0.717) is 12.6 Å². The Hall–Kier alpha value is -3.45. The molecule has 1 aromatic heterocycles. The Balaban J connectivity index is 1.85. The molecule has 0 atom stereocenters. The van der Waals surface area contributed by atoms with Gasteiger partial charge in [-0.3, -0.25) is 0 Å². The molecule has 3 aromatic rings. The molecule has 1 aliphatic rings. The first kappa shape index (κ1) is 18.9. The van der Waals surface area contributed by atoms with Gasteiger partial charge in [0.05, 0.1) is 17.6 Å². The molecule has 4 rings (SSSR count). The van der Waals surface area contributed by atoms with Crippen LogP contribution in [0.4, 0.5) is 5.95 Å². The van der Waals surface area contributed by atoms with Crippen LogP contribution in [0.25, 0.3) is 16.6 Å². The van der Waals surface area contributed by atoms with E-state index in [9.17, 15) is 4.79 Å². The van der Waals surface area contributed by atoms with Crippen molar-refractivity contribution in [2.24, 2.45) is 0 Å². The molecule has 1 aliphatic heterocycles. The van der Waals surface area contributed by atoms with Crippen LogP contribution in [0.5, 0.6) is 0 Å². The van der Waals surface area contributed by atoms with E-state index in [-0.39, 0.29) is 5.97 Å². The van der Waals surface area contributed by atoms with Gasteiger partial charge in [0.15, 0.2) is 0 Å². The zero-order valence-corrected chi connectivity index (χ0v) is 16.7. The average molecular weight is 404 g/mol. The van der Waals surface area contributed by atoms with Crippen molar-refractivity contribution in [1.29, 1.82) is 0 Å². The van der Waals surface area contributed by atoms with E-state index in [1.54, 1.807) is 6.92 Å². The van der Waals surface area contributed by atoms with E-state index in [1.165, 1.54) is 18.0 Å². The van der Waals surface area contributed by atoms with Gasteiger partial charge in [-0.25, -0.2) is 18.9 Å². The van der Waals surface area contributed by atoms with Gasteiger partial charge in [-0.15, -0.1) is 0 Å². The van der Waals surface area contributed by atoms with Gasteiger partial charge in [0.2, 0.25) is 5.95 Å². The minimum atomic E-state index is -0.376. The number of ether oxygens (including phenoxy) is 1. The summed E-state index contributed by atoms with van der Waals surface area (Å²) in [5.41, 5.74) is 10.4. The minimum absolute atomic E-state index is 0.325. The van der Waals surface area contributed by atoms with Gasteiger partial charge in [-0.2, -0.15) is 0 Å². The number of anilines is 1. The smallest absolute Gasteiger partial charge is 0.331 e. The van der Waals surface area contributed by atoms with Crippen molar-refractivity contribution < 1.29 is 9.53 Å². The highest BCUT2D eigenvalue weighted by Crippen LogP contribution is 2.30. The summed E-state index contributed by atoms with van der Waals surface area (Å²) >= 11 is 1.50. The maximum absolute atomic E-state index is 12.2. The number of benzene rings is 2. The fourth-order valence-corrected chi connectivity index (χ4v) is 3.82. The van der Waals surface area contributed by atoms with Gasteiger partial charge in [-0.05, 0) is 47.2 Å². The maximum atomic E-state index is 12.2. The lowest BCUT2D eigenvalue weighted by Crippen LogP contribution is -2.23. The molecule has 146 valence electrons. The summed E-state index contributed by atoms with van der Waals surface area (Å²) < 4.78 is 8.90. The summed E-state index contributed by atoms with van der Waals surface area (Å²) in [5.74, 6) is 0.0133. The summed E-state index contributed by atoms with van der Waals surface area (Å²) in [6.07, 6.45) is 7.34. The van der Waals surface area contributed by atoms with Crippen LogP contribution in [0.15, 0.2) is 78.4 Å². The van der Waals surface area contributed by atoms with Crippen molar-refractivity contribution in [2.45, 2.75) is 6.92 Å². The Bertz CT molecular complexity index is 1130. The zero-order valence-electron chi connectivity index (χ0n) is 15.9. The van der Waals surface area contributed by atoms with Crippen LogP contribution in [0, 0.1) is 0 Å². The Kier molecular flexibility index (Phi) is 5.39. The lowest BCUT2D eigenvalue weighted by molar-refractivity contribution is -0.137. The van der Waals surface area contributed by atoms with Crippen LogP contribution in [0.2, 0.25) is 0 Å². The van der Waals surface area contributed by atoms with Crippen LogP contribution in [0.1, 0.15) is 18.1 Å². The summed E-state index contributed by atoms with van der Waals surface area (Å²) in [7, 11) is 0. The quantitative estimate of drug-likeness (QED) is 0.390. The molecule has 2 aromatic carbocycles. The number of aromatic nitrogens is 2. The lowest BCUT2D eigenvalue weighted by atomic mass is 9.97. The molecule has 0 bridgehead atoms. The monoisotopic (exact) mass is 404 g/mol. The molecule has 0 spiro atoms. The third-order valence-electron chi connectivity index (χ3n) is 4.37. The molecule has 0 saturated heterocycles. The van der Waals surface area contributed by atoms with E-state index in [4.69, 9.17) is 10.5 Å². The number of imidazole rings is 1. The number of carbonyl (C=O) groups excluding carboxylic acids is 1. The molecular weight excluding hydrogens is 384 g/mol. The molecule has 0 saturated carbocycles. The van der Waals surface area contributed by atoms with Crippen LogP contribution < -0.4 is 10.1 Å². The molecule has 0 amide bonds. The Morgan fingerprint density at radius 2 is 2.00 bits per heavy atom. The molecule has 7 heteroatoms. The van der Waals surface area contributed by atoms with Gasteiger partial charge >= 0.3 is 5.97 Å². The fraction of sp³-hybridized carbons (Fsp3) is 0.0909. The summed E-state index contributed by atoms with van der Waals surface area (Å²) in [5, 5.41) is 1.96. The third-order valence-corrected chi connectivity index (χ3v) is 5.15. The largest absolute Gasteiger partial charge is 0.463 e. The molecule has 0 aliphatic carbocycles. The molecule has 6 nitrogen and oxygen atoms in total. The lowest BCUT2D eigenvalue weighted by Gasteiger charge is -2.21. The van der Waals surface area contributed by atoms with Crippen molar-refractivity contribution in [3.05, 3.63) is 89.5 Å². The predicted octanol–water partition coefficient (Wildman–Crippen LogP) is 4.24. The molecule has 29 heavy (non-hydrogen) atoms. The number of hydrogen-bond donors (Lipinski definition) is 1. The first-order valence-electron chi connectivity index (χ1n) is 9.19. The van der Waals surface area contributed by atoms with Crippen molar-refractivity contribution in [1.82, 2.24) is 9.66 Å². The Morgan fingerprint density at radius 3 is 2.72 bits per heavy atom. The third kappa shape index (κ3) is 3.90. The Labute approximate surface area is 173 Å². The van der Waals surface area contributed by atoms with E-state index in [2.05, 4.69) is 4.98 Å². The molecule has 0 fully saturated rings. The minimum Gasteiger partial charge on any atom is -0.463 e. The van der Waals surface area contributed by atoms with Crippen molar-refractivity contribution in [2.75, 3.05) is 16.8 Å². The molecule has 2 heterocycles. The highest BCUT2D eigenvalue weighted by Gasteiger charge is 2.16. The van der Waals surface area contributed by atoms with Gasteiger partial charge in [0, 0.05) is 24.2 Å². The number of carbonyl (C=O) groups is 1. The van der Waals surface area contributed by atoms with Crippen LogP contribution in [0.3, 0.4) is 0 Å². The average Bonchev–Trinajstić information content (AvgIpc) is 3.08. The van der Waals surface area contributed by atoms with Gasteiger partial charge in [0.1, 0.15) is 0 Å². The number of nitrogen functional groups attached to an aromatic ring is 1. The first-order chi connectivity index (χ1) is 14.2. The van der Waals surface area contributed by atoms with Gasteiger partial charge in [-0.1, -0.05) is 42.5 Å². The van der Waals surface area contributed by atoms with E-state index in [0.717, 1.165) is 27.7 Å². The first-order valence-corrected chi connectivity index (χ1v) is 10.0. The SMILES string of the molecule is CCOC(=O)/C=C(/c1ccccc1)c1ccc2nc(N)n(N3C=CC=CS3)c2c1. The van der Waals surface area contributed by atoms with Crippen LogP contribution in [-0.2, 0) is 9.53 Å². The molecular formula is C22H20N4O2S. The summed E-state index contributed by atoms with van der Waals surface area (Å²) in [6.45, 7) is 2.12. The second kappa shape index (κ2) is 8.28. The van der Waals surface area contributed by atoms with E-state index >= 15 is 0 Å². The molecule has 0 radical (unpaired) electrons.